The van der Waals surface area contributed by atoms with Crippen molar-refractivity contribution in [2.75, 3.05) is 6.61 Å². The Morgan fingerprint density at radius 3 is 2.24 bits per heavy atom. The maximum Gasteiger partial charge on any atom is 0.310 e. The van der Waals surface area contributed by atoms with Gasteiger partial charge in [0.25, 0.3) is 0 Å². The molecule has 0 amide bonds. The third-order valence-corrected chi connectivity index (χ3v) is 2.78. The fraction of sp³-hybridized carbons (Fsp3) is 0.500. The summed E-state index contributed by atoms with van der Waals surface area (Å²) in [4.78, 5) is 11.1. The fourth-order valence-corrected chi connectivity index (χ4v) is 1.51. The molecule has 1 atom stereocenters. The molecule has 0 saturated heterocycles. The molecule has 3 nitrogen and oxygen atoms in total. The van der Waals surface area contributed by atoms with Crippen LogP contribution >= 0.6 is 0 Å². The van der Waals surface area contributed by atoms with Crippen molar-refractivity contribution in [1.82, 2.24) is 0 Å². The molecule has 0 fully saturated rings. The Morgan fingerprint density at radius 2 is 1.82 bits per heavy atom. The van der Waals surface area contributed by atoms with E-state index in [1.165, 1.54) is 0 Å². The van der Waals surface area contributed by atoms with Crippen molar-refractivity contribution in [1.29, 1.82) is 0 Å². The average molecular weight is 236 g/mol. The summed E-state index contributed by atoms with van der Waals surface area (Å²) in [5, 5.41) is 9.15. The molecule has 0 radical (unpaired) electrons. The van der Waals surface area contributed by atoms with Gasteiger partial charge in [-0.05, 0) is 24.5 Å². The first-order chi connectivity index (χ1) is 7.80. The van der Waals surface area contributed by atoms with E-state index in [9.17, 15) is 4.79 Å². The normalized spacial score (nSPS) is 13.2. The summed E-state index contributed by atoms with van der Waals surface area (Å²) < 4.78 is 5.53. The van der Waals surface area contributed by atoms with E-state index < -0.39 is 11.9 Å². The zero-order valence-corrected chi connectivity index (χ0v) is 10.9. The Kier molecular flexibility index (Phi) is 4.16. The molecule has 3 heteroatoms. The standard InChI is InChI=1S/C14H20O3/c1-10-5-7-11(8-6-10)17-9-12(13(15)16)14(2,3)4/h5-8,12H,9H2,1-4H3,(H,15,16). The lowest BCUT2D eigenvalue weighted by Gasteiger charge is -2.26. The number of carboxylic acid groups (broad SMARTS) is 1. The van der Waals surface area contributed by atoms with Gasteiger partial charge < -0.3 is 9.84 Å². The first kappa shape index (κ1) is 13.6. The molecule has 0 spiro atoms. The summed E-state index contributed by atoms with van der Waals surface area (Å²) in [6.45, 7) is 7.92. The van der Waals surface area contributed by atoms with Gasteiger partial charge in [0.15, 0.2) is 0 Å². The first-order valence-corrected chi connectivity index (χ1v) is 5.73. The molecule has 1 N–H and O–H groups in total. The molecule has 17 heavy (non-hydrogen) atoms. The van der Waals surface area contributed by atoms with Crippen molar-refractivity contribution in [3.8, 4) is 5.75 Å². The molecule has 1 unspecified atom stereocenters. The van der Waals surface area contributed by atoms with Crippen LogP contribution in [0.15, 0.2) is 24.3 Å². The molecule has 0 heterocycles. The lowest BCUT2D eigenvalue weighted by atomic mass is 9.81. The van der Waals surface area contributed by atoms with Gasteiger partial charge in [-0.3, -0.25) is 4.79 Å². The quantitative estimate of drug-likeness (QED) is 0.873. The molecule has 0 bridgehead atoms. The van der Waals surface area contributed by atoms with Crippen LogP contribution in [-0.2, 0) is 4.79 Å². The molecule has 0 aliphatic heterocycles. The van der Waals surface area contributed by atoms with Crippen molar-refractivity contribution in [3.63, 3.8) is 0 Å². The highest BCUT2D eigenvalue weighted by Gasteiger charge is 2.31. The van der Waals surface area contributed by atoms with Crippen LogP contribution in [0.4, 0.5) is 0 Å². The maximum atomic E-state index is 11.1. The monoisotopic (exact) mass is 236 g/mol. The van der Waals surface area contributed by atoms with E-state index in [0.717, 1.165) is 5.56 Å². The Hall–Kier alpha value is -1.51. The summed E-state index contributed by atoms with van der Waals surface area (Å²) in [6, 6.07) is 7.61. The second-order valence-corrected chi connectivity index (χ2v) is 5.38. The van der Waals surface area contributed by atoms with Crippen LogP contribution in [0.3, 0.4) is 0 Å². The number of ether oxygens (including phenoxy) is 1. The Bertz CT molecular complexity index is 373. The summed E-state index contributed by atoms with van der Waals surface area (Å²) in [6.07, 6.45) is 0. The van der Waals surface area contributed by atoms with E-state index in [0.29, 0.717) is 5.75 Å². The minimum Gasteiger partial charge on any atom is -0.493 e. The minimum absolute atomic E-state index is 0.196. The zero-order chi connectivity index (χ0) is 13.1. The number of carbonyl (C=O) groups is 1. The molecule has 1 rings (SSSR count). The van der Waals surface area contributed by atoms with Gasteiger partial charge in [-0.1, -0.05) is 38.5 Å². The van der Waals surface area contributed by atoms with Gasteiger partial charge in [0.05, 0.1) is 5.92 Å². The first-order valence-electron chi connectivity index (χ1n) is 5.73. The number of hydrogen-bond donors (Lipinski definition) is 1. The third-order valence-electron chi connectivity index (χ3n) is 2.78. The van der Waals surface area contributed by atoms with E-state index in [4.69, 9.17) is 9.84 Å². The summed E-state index contributed by atoms with van der Waals surface area (Å²) in [5.74, 6) is -0.612. The van der Waals surface area contributed by atoms with E-state index in [2.05, 4.69) is 0 Å². The maximum absolute atomic E-state index is 11.1. The van der Waals surface area contributed by atoms with Crippen molar-refractivity contribution in [3.05, 3.63) is 29.8 Å². The molecule has 1 aromatic rings. The number of aryl methyl sites for hydroxylation is 1. The molecule has 0 aromatic heterocycles. The van der Waals surface area contributed by atoms with E-state index in [1.54, 1.807) is 0 Å². The van der Waals surface area contributed by atoms with Crippen molar-refractivity contribution < 1.29 is 14.6 Å². The van der Waals surface area contributed by atoms with E-state index >= 15 is 0 Å². The lowest BCUT2D eigenvalue weighted by Crippen LogP contribution is -2.33. The predicted molar refractivity (Wildman–Crippen MR) is 67.3 cm³/mol. The fourth-order valence-electron chi connectivity index (χ4n) is 1.51. The van der Waals surface area contributed by atoms with Gasteiger partial charge in [0.1, 0.15) is 12.4 Å². The van der Waals surface area contributed by atoms with Gasteiger partial charge >= 0.3 is 5.97 Å². The number of aliphatic carboxylic acids is 1. The summed E-state index contributed by atoms with van der Waals surface area (Å²) in [5.41, 5.74) is 0.847. The van der Waals surface area contributed by atoms with Gasteiger partial charge in [-0.15, -0.1) is 0 Å². The van der Waals surface area contributed by atoms with E-state index in [-0.39, 0.29) is 12.0 Å². The molecule has 0 aliphatic carbocycles. The SMILES string of the molecule is Cc1ccc(OCC(C(=O)O)C(C)(C)C)cc1. The second kappa shape index (κ2) is 5.21. The van der Waals surface area contributed by atoms with Gasteiger partial charge in [-0.2, -0.15) is 0 Å². The molecule has 0 aliphatic rings. The Morgan fingerprint density at radius 1 is 1.29 bits per heavy atom. The topological polar surface area (TPSA) is 46.5 Å². The summed E-state index contributed by atoms with van der Waals surface area (Å²) in [7, 11) is 0. The average Bonchev–Trinajstić information content (AvgIpc) is 2.18. The number of benzene rings is 1. The highest BCUT2D eigenvalue weighted by Crippen LogP contribution is 2.27. The van der Waals surface area contributed by atoms with Crippen LogP contribution in [0.5, 0.6) is 5.75 Å². The highest BCUT2D eigenvalue weighted by atomic mass is 16.5. The zero-order valence-electron chi connectivity index (χ0n) is 10.9. The van der Waals surface area contributed by atoms with Gasteiger partial charge in [0.2, 0.25) is 0 Å². The Balaban J connectivity index is 2.65. The second-order valence-electron chi connectivity index (χ2n) is 5.38. The van der Waals surface area contributed by atoms with Crippen LogP contribution in [0, 0.1) is 18.3 Å². The molecular formula is C14H20O3. The largest absolute Gasteiger partial charge is 0.493 e. The van der Waals surface area contributed by atoms with Gasteiger partial charge in [-0.25, -0.2) is 0 Å². The molecular weight excluding hydrogens is 216 g/mol. The molecule has 94 valence electrons. The van der Waals surface area contributed by atoms with Crippen LogP contribution < -0.4 is 4.74 Å². The predicted octanol–water partition coefficient (Wildman–Crippen LogP) is 3.12. The van der Waals surface area contributed by atoms with Crippen molar-refractivity contribution in [2.45, 2.75) is 27.7 Å². The van der Waals surface area contributed by atoms with Crippen LogP contribution in [0.2, 0.25) is 0 Å². The van der Waals surface area contributed by atoms with Gasteiger partial charge in [0, 0.05) is 0 Å². The van der Waals surface area contributed by atoms with E-state index in [1.807, 2.05) is 52.0 Å². The van der Waals surface area contributed by atoms with Crippen LogP contribution in [0.25, 0.3) is 0 Å². The summed E-state index contributed by atoms with van der Waals surface area (Å²) >= 11 is 0. The van der Waals surface area contributed by atoms with Crippen molar-refractivity contribution >= 4 is 5.97 Å². The lowest BCUT2D eigenvalue weighted by molar-refractivity contribution is -0.146. The minimum atomic E-state index is -0.815. The highest BCUT2D eigenvalue weighted by molar-refractivity contribution is 5.71. The molecule has 0 saturated carbocycles. The number of carboxylic acids is 1. The Labute approximate surface area is 102 Å². The number of hydrogen-bond acceptors (Lipinski definition) is 2. The number of rotatable bonds is 4. The van der Waals surface area contributed by atoms with Crippen LogP contribution in [0.1, 0.15) is 26.3 Å². The molecule has 1 aromatic carbocycles. The third kappa shape index (κ3) is 4.10. The van der Waals surface area contributed by atoms with Crippen molar-refractivity contribution in [2.24, 2.45) is 11.3 Å². The van der Waals surface area contributed by atoms with Crippen LogP contribution in [-0.4, -0.2) is 17.7 Å². The smallest absolute Gasteiger partial charge is 0.310 e.